The summed E-state index contributed by atoms with van der Waals surface area (Å²) in [5, 5.41) is 17.0. The summed E-state index contributed by atoms with van der Waals surface area (Å²) in [5.41, 5.74) is 3.01. The first kappa shape index (κ1) is 44.6. The zero-order chi connectivity index (χ0) is 33.9. The van der Waals surface area contributed by atoms with Crippen molar-refractivity contribution in [3.63, 3.8) is 0 Å². The van der Waals surface area contributed by atoms with Crippen LogP contribution in [0.3, 0.4) is 0 Å². The van der Waals surface area contributed by atoms with Gasteiger partial charge in [-0.15, -0.1) is 5.73 Å². The second-order valence-electron chi connectivity index (χ2n) is 10.5. The second-order valence-corrected chi connectivity index (χ2v) is 13.2. The first-order valence-electron chi connectivity index (χ1n) is 15.8. The van der Waals surface area contributed by atoms with Crippen LogP contribution in [-0.4, -0.2) is 74.3 Å². The van der Waals surface area contributed by atoms with Gasteiger partial charge in [-0.3, -0.25) is 14.4 Å². The average Bonchev–Trinajstić information content (AvgIpc) is 3.03. The van der Waals surface area contributed by atoms with E-state index in [0.717, 1.165) is 43.6 Å². The van der Waals surface area contributed by atoms with Gasteiger partial charge >= 0.3 is 0 Å². The molecule has 0 saturated heterocycles. The topological polar surface area (TPSA) is 117 Å². The summed E-state index contributed by atoms with van der Waals surface area (Å²) in [6.45, 7) is 9.79. The lowest BCUT2D eigenvalue weighted by molar-refractivity contribution is -0.121. The Balaban J connectivity index is 0. The van der Waals surface area contributed by atoms with Crippen molar-refractivity contribution in [3.8, 4) is 0 Å². The van der Waals surface area contributed by atoms with E-state index in [-0.39, 0.29) is 29.9 Å². The molecular formula is C35H59N3O5S2. The lowest BCUT2D eigenvalue weighted by Crippen LogP contribution is -2.31. The molecule has 8 nitrogen and oxygen atoms in total. The number of hydrogen-bond acceptors (Lipinski definition) is 7. The van der Waals surface area contributed by atoms with Crippen LogP contribution >= 0.6 is 21.6 Å². The molecule has 0 rings (SSSR count). The van der Waals surface area contributed by atoms with Crippen LogP contribution in [0.25, 0.3) is 0 Å². The van der Waals surface area contributed by atoms with Crippen LogP contribution < -0.4 is 16.0 Å². The summed E-state index contributed by atoms with van der Waals surface area (Å²) in [6.07, 6.45) is 28.3. The van der Waals surface area contributed by atoms with Crippen LogP contribution in [0.15, 0.2) is 66.5 Å². The molecule has 0 radical (unpaired) electrons. The van der Waals surface area contributed by atoms with Gasteiger partial charge in [-0.2, -0.15) is 0 Å². The molecule has 0 aromatic rings. The van der Waals surface area contributed by atoms with E-state index < -0.39 is 0 Å². The van der Waals surface area contributed by atoms with E-state index in [1.165, 1.54) is 0 Å². The highest BCUT2D eigenvalue weighted by molar-refractivity contribution is 8.76. The molecule has 0 fully saturated rings. The Kier molecular flexibility index (Phi) is 34.1. The van der Waals surface area contributed by atoms with Crippen molar-refractivity contribution in [2.45, 2.75) is 85.2 Å². The summed E-state index contributed by atoms with van der Waals surface area (Å²) in [4.78, 5) is 33.4. The maximum Gasteiger partial charge on any atom is 0.221 e. The van der Waals surface area contributed by atoms with Gasteiger partial charge in [-0.05, 0) is 57.6 Å². The molecule has 0 bridgehead atoms. The number of nitrogens with one attached hydrogen (secondary N) is 3. The molecule has 0 aromatic heterocycles. The zero-order valence-corrected chi connectivity index (χ0v) is 29.9. The molecule has 1 unspecified atom stereocenters. The summed E-state index contributed by atoms with van der Waals surface area (Å²) in [6, 6.07) is 0. The SMILES string of the molecule is CC/C=C\C/C=C\C/C=C\C/C=C\CC=C=CCCC(=O)NCCSSCCNC(=O)CCNC=O.COC(C)C(C)(C)CO. The van der Waals surface area contributed by atoms with Gasteiger partial charge in [0, 0.05) is 56.5 Å². The summed E-state index contributed by atoms with van der Waals surface area (Å²) < 4.78 is 5.05. The number of carbonyl (C=O) groups is 3. The third-order valence-corrected chi connectivity index (χ3v) is 8.67. The lowest BCUT2D eigenvalue weighted by Gasteiger charge is -2.27. The minimum Gasteiger partial charge on any atom is -0.396 e. The highest BCUT2D eigenvalue weighted by atomic mass is 33.1. The Bertz CT molecular complexity index is 926. The minimum atomic E-state index is -0.116. The number of amides is 3. The Morgan fingerprint density at radius 1 is 0.822 bits per heavy atom. The molecule has 0 aliphatic heterocycles. The standard InChI is InChI=1S/C28H43N3O3S2.C7H16O2/c1-2-3-4-5-6-7-8-9-10-11-12-13-14-15-16-17-18-19-27(33)30-22-24-35-36-25-23-31-28(34)20-21-29-26-32;1-6(9-4)7(2,3)5-8/h3-4,6-7,9-10,12-13,15,17,26H,2,5,8,11,14,18-25H2,1H3,(H,29,32)(H,30,33)(H,31,34);6,8H,5H2,1-4H3/b4-3-,7-6-,10-9-,13-12-;. The maximum atomic E-state index is 11.8. The number of rotatable bonds is 26. The molecule has 45 heavy (non-hydrogen) atoms. The molecule has 0 aliphatic rings. The number of aliphatic hydroxyl groups excluding tert-OH is 1. The summed E-state index contributed by atoms with van der Waals surface area (Å²) >= 11 is 0. The number of allylic oxidation sites excluding steroid dienone is 9. The fourth-order valence-electron chi connectivity index (χ4n) is 3.03. The van der Waals surface area contributed by atoms with Gasteiger partial charge in [0.15, 0.2) is 0 Å². The van der Waals surface area contributed by atoms with Crippen LogP contribution in [0.4, 0.5) is 0 Å². The fraction of sp³-hybridized carbons (Fsp3) is 0.600. The molecule has 4 N–H and O–H groups in total. The number of ether oxygens (including phenoxy) is 1. The molecule has 0 aliphatic carbocycles. The molecule has 256 valence electrons. The lowest BCUT2D eigenvalue weighted by atomic mass is 9.89. The number of hydrogen-bond donors (Lipinski definition) is 4. The molecule has 3 amide bonds. The molecular weight excluding hydrogens is 607 g/mol. The third kappa shape index (κ3) is 34.2. The number of methoxy groups -OCH3 is 1. The molecule has 0 spiro atoms. The monoisotopic (exact) mass is 665 g/mol. The number of aliphatic hydroxyl groups is 1. The van der Waals surface area contributed by atoms with Crippen molar-refractivity contribution in [3.05, 3.63) is 66.5 Å². The predicted molar refractivity (Wildman–Crippen MR) is 194 cm³/mol. The van der Waals surface area contributed by atoms with E-state index >= 15 is 0 Å². The third-order valence-electron chi connectivity index (χ3n) is 6.26. The van der Waals surface area contributed by atoms with Crippen molar-refractivity contribution in [2.75, 3.05) is 44.9 Å². The van der Waals surface area contributed by atoms with Gasteiger partial charge in [0.1, 0.15) is 0 Å². The van der Waals surface area contributed by atoms with Crippen LogP contribution in [0.2, 0.25) is 0 Å². The normalized spacial score (nSPS) is 12.1. The van der Waals surface area contributed by atoms with E-state index in [0.29, 0.717) is 45.3 Å². The summed E-state index contributed by atoms with van der Waals surface area (Å²) in [5.74, 6) is 1.59. The summed E-state index contributed by atoms with van der Waals surface area (Å²) in [7, 11) is 4.99. The van der Waals surface area contributed by atoms with Crippen molar-refractivity contribution in [1.29, 1.82) is 0 Å². The van der Waals surface area contributed by atoms with Gasteiger partial charge in [-0.25, -0.2) is 0 Å². The molecule has 10 heteroatoms. The maximum absolute atomic E-state index is 11.8. The van der Waals surface area contributed by atoms with Crippen molar-refractivity contribution >= 4 is 39.8 Å². The van der Waals surface area contributed by atoms with E-state index in [1.807, 2.05) is 32.9 Å². The van der Waals surface area contributed by atoms with Crippen LogP contribution in [-0.2, 0) is 19.1 Å². The van der Waals surface area contributed by atoms with Crippen molar-refractivity contribution in [1.82, 2.24) is 16.0 Å². The Hall–Kier alpha value is -2.49. The molecule has 0 saturated carbocycles. The quantitative estimate of drug-likeness (QED) is 0.0275. The second kappa shape index (κ2) is 34.4. The molecule has 0 heterocycles. The van der Waals surface area contributed by atoms with Crippen LogP contribution in [0.1, 0.15) is 79.1 Å². The van der Waals surface area contributed by atoms with Gasteiger partial charge in [0.2, 0.25) is 18.2 Å². The zero-order valence-electron chi connectivity index (χ0n) is 28.2. The first-order valence-corrected chi connectivity index (χ1v) is 18.3. The van der Waals surface area contributed by atoms with E-state index in [2.05, 4.69) is 77.2 Å². The van der Waals surface area contributed by atoms with Gasteiger partial charge in [-0.1, -0.05) is 91.0 Å². The highest BCUT2D eigenvalue weighted by Gasteiger charge is 2.24. The first-order chi connectivity index (χ1) is 21.7. The van der Waals surface area contributed by atoms with E-state index in [4.69, 9.17) is 9.84 Å². The van der Waals surface area contributed by atoms with Gasteiger partial charge < -0.3 is 25.8 Å². The highest BCUT2D eigenvalue weighted by Crippen LogP contribution is 2.21. The largest absolute Gasteiger partial charge is 0.396 e. The van der Waals surface area contributed by atoms with Crippen LogP contribution in [0.5, 0.6) is 0 Å². The van der Waals surface area contributed by atoms with Crippen molar-refractivity contribution in [2.24, 2.45) is 5.41 Å². The van der Waals surface area contributed by atoms with Gasteiger partial charge in [0.25, 0.3) is 0 Å². The smallest absolute Gasteiger partial charge is 0.221 e. The molecule has 0 aromatic carbocycles. The van der Waals surface area contributed by atoms with Crippen molar-refractivity contribution < 1.29 is 24.2 Å². The van der Waals surface area contributed by atoms with E-state index in [9.17, 15) is 14.4 Å². The predicted octanol–water partition coefficient (Wildman–Crippen LogP) is 6.46. The average molecular weight is 666 g/mol. The van der Waals surface area contributed by atoms with Gasteiger partial charge in [0.05, 0.1) is 12.7 Å². The Labute approximate surface area is 281 Å². The van der Waals surface area contributed by atoms with E-state index in [1.54, 1.807) is 28.7 Å². The fourth-order valence-corrected chi connectivity index (χ4v) is 4.85. The minimum absolute atomic E-state index is 0.0498. The number of carbonyl (C=O) groups excluding carboxylic acids is 3. The Morgan fingerprint density at radius 2 is 1.33 bits per heavy atom. The molecule has 1 atom stereocenters. The Morgan fingerprint density at radius 3 is 1.80 bits per heavy atom. The van der Waals surface area contributed by atoms with Crippen LogP contribution in [0, 0.1) is 5.41 Å².